The van der Waals surface area contributed by atoms with Gasteiger partial charge in [-0.2, -0.15) is 4.72 Å². The van der Waals surface area contributed by atoms with E-state index in [1.807, 2.05) is 54.6 Å². The van der Waals surface area contributed by atoms with E-state index in [0.717, 1.165) is 29.7 Å². The molecule has 2 atom stereocenters. The number of nitrogens with one attached hydrogen (secondary N) is 1. The van der Waals surface area contributed by atoms with Crippen molar-refractivity contribution >= 4 is 21.9 Å². The number of carbonyl (C=O) groups is 2. The number of sulfonamides is 1. The van der Waals surface area contributed by atoms with E-state index < -0.39 is 22.0 Å². The Hall–Kier alpha value is -4.41. The van der Waals surface area contributed by atoms with Crippen molar-refractivity contribution in [2.75, 3.05) is 6.54 Å². The maximum Gasteiger partial charge on any atom is 0.322 e. The number of carbonyl (C=O) groups excluding carboxylic acids is 1. The normalized spacial score (nSPS) is 15.8. The topological polar surface area (TPSA) is 126 Å². The summed E-state index contributed by atoms with van der Waals surface area (Å²) in [6.45, 7) is 1.03. The van der Waals surface area contributed by atoms with Crippen LogP contribution in [0.2, 0.25) is 0 Å². The zero-order valence-electron chi connectivity index (χ0n) is 22.9. The predicted molar refractivity (Wildman–Crippen MR) is 155 cm³/mol. The van der Waals surface area contributed by atoms with Gasteiger partial charge in [-0.15, -0.1) is 0 Å². The fourth-order valence-corrected chi connectivity index (χ4v) is 6.20. The smallest absolute Gasteiger partial charge is 0.322 e. The molecule has 2 N–H and O–H groups in total. The zero-order valence-corrected chi connectivity index (χ0v) is 23.7. The van der Waals surface area contributed by atoms with Crippen molar-refractivity contribution in [3.63, 3.8) is 0 Å². The van der Waals surface area contributed by atoms with E-state index in [-0.39, 0.29) is 29.7 Å². The van der Waals surface area contributed by atoms with E-state index in [9.17, 15) is 23.1 Å². The summed E-state index contributed by atoms with van der Waals surface area (Å²) in [5.74, 6) is 0.329. The highest BCUT2D eigenvalue weighted by atomic mass is 32.2. The average molecular weight is 589 g/mol. The third kappa shape index (κ3) is 7.26. The molecular weight excluding hydrogens is 556 g/mol. The Bertz CT molecular complexity index is 1600. The number of benzene rings is 3. The number of furan rings is 1. The fraction of sp³-hybridized carbons (Fsp3) is 0.250. The Balaban J connectivity index is 1.19. The highest BCUT2D eigenvalue weighted by molar-refractivity contribution is 7.89. The predicted octanol–water partition coefficient (Wildman–Crippen LogP) is 4.74. The maximum atomic E-state index is 13.3. The van der Waals surface area contributed by atoms with Gasteiger partial charge in [0.1, 0.15) is 29.9 Å². The number of para-hydroxylation sites is 1. The van der Waals surface area contributed by atoms with Gasteiger partial charge in [0.05, 0.1) is 17.4 Å². The Morgan fingerprint density at radius 3 is 2.29 bits per heavy atom. The molecule has 0 aliphatic carbocycles. The molecule has 218 valence electrons. The SMILES string of the molecule is O=C(O)C(Cc1ccc(C2CCCN2C(=O)Cc2ccc(COc3ccccc3)cc2)o1)NS(=O)(=O)c1ccccc1. The largest absolute Gasteiger partial charge is 0.489 e. The third-order valence-corrected chi connectivity index (χ3v) is 8.65. The van der Waals surface area contributed by atoms with Gasteiger partial charge >= 0.3 is 5.97 Å². The van der Waals surface area contributed by atoms with Crippen LogP contribution in [0, 0.1) is 0 Å². The summed E-state index contributed by atoms with van der Waals surface area (Å²) in [7, 11) is -4.03. The number of hydrogen-bond acceptors (Lipinski definition) is 6. The van der Waals surface area contributed by atoms with Crippen molar-refractivity contribution in [3.8, 4) is 5.75 Å². The van der Waals surface area contributed by atoms with E-state index in [1.54, 1.807) is 35.2 Å². The highest BCUT2D eigenvalue weighted by Gasteiger charge is 2.33. The van der Waals surface area contributed by atoms with Crippen molar-refractivity contribution in [2.45, 2.75) is 49.3 Å². The number of ether oxygens (including phenoxy) is 1. The molecule has 42 heavy (non-hydrogen) atoms. The molecular formula is C32H32N2O7S. The summed E-state index contributed by atoms with van der Waals surface area (Å²) < 4.78 is 39.4. The van der Waals surface area contributed by atoms with Crippen LogP contribution in [0.1, 0.15) is 41.5 Å². The second-order valence-corrected chi connectivity index (χ2v) is 11.9. The van der Waals surface area contributed by atoms with Gasteiger partial charge in [-0.1, -0.05) is 60.7 Å². The van der Waals surface area contributed by atoms with Crippen LogP contribution < -0.4 is 9.46 Å². The maximum absolute atomic E-state index is 13.3. The van der Waals surface area contributed by atoms with Crippen LogP contribution >= 0.6 is 0 Å². The first-order chi connectivity index (χ1) is 20.3. The van der Waals surface area contributed by atoms with Gasteiger partial charge in [0.2, 0.25) is 15.9 Å². The molecule has 1 aliphatic heterocycles. The van der Waals surface area contributed by atoms with Crippen LogP contribution in [0.15, 0.2) is 106 Å². The van der Waals surface area contributed by atoms with E-state index >= 15 is 0 Å². The molecule has 0 spiro atoms. The number of amides is 1. The Kier molecular flexibility index (Phi) is 9.04. The van der Waals surface area contributed by atoms with Gasteiger partial charge in [-0.25, -0.2) is 8.42 Å². The third-order valence-electron chi connectivity index (χ3n) is 7.17. The van der Waals surface area contributed by atoms with Crippen LogP contribution in [0.4, 0.5) is 0 Å². The van der Waals surface area contributed by atoms with Crippen molar-refractivity contribution < 1.29 is 32.3 Å². The zero-order chi connectivity index (χ0) is 29.5. The number of rotatable bonds is 12. The van der Waals surface area contributed by atoms with Gasteiger partial charge in [0.25, 0.3) is 0 Å². The van der Waals surface area contributed by atoms with Crippen molar-refractivity contribution in [3.05, 3.63) is 120 Å². The summed E-state index contributed by atoms with van der Waals surface area (Å²) in [4.78, 5) is 26.9. The molecule has 0 radical (unpaired) electrons. The van der Waals surface area contributed by atoms with E-state index in [0.29, 0.717) is 24.7 Å². The quantitative estimate of drug-likeness (QED) is 0.245. The number of carboxylic acids is 1. The Morgan fingerprint density at radius 1 is 0.929 bits per heavy atom. The summed E-state index contributed by atoms with van der Waals surface area (Å²) in [6.07, 6.45) is 1.60. The van der Waals surface area contributed by atoms with Crippen LogP contribution in [-0.2, 0) is 39.1 Å². The molecule has 3 aromatic carbocycles. The number of hydrogen-bond donors (Lipinski definition) is 2. The second-order valence-electron chi connectivity index (χ2n) is 10.2. The van der Waals surface area contributed by atoms with Crippen LogP contribution in [0.3, 0.4) is 0 Å². The molecule has 0 bridgehead atoms. The van der Waals surface area contributed by atoms with Gasteiger partial charge in [0.15, 0.2) is 0 Å². The number of nitrogens with zero attached hydrogens (tertiary/aromatic N) is 1. The number of likely N-dealkylation sites (tertiary alicyclic amines) is 1. The van der Waals surface area contributed by atoms with Gasteiger partial charge in [-0.05, 0) is 60.4 Å². The molecule has 1 saturated heterocycles. The first-order valence-corrected chi connectivity index (χ1v) is 15.2. The van der Waals surface area contributed by atoms with Gasteiger partial charge in [0, 0.05) is 13.0 Å². The van der Waals surface area contributed by atoms with Crippen LogP contribution in [-0.4, -0.2) is 42.9 Å². The van der Waals surface area contributed by atoms with Crippen molar-refractivity contribution in [1.29, 1.82) is 0 Å². The molecule has 2 heterocycles. The Morgan fingerprint density at radius 2 is 1.60 bits per heavy atom. The van der Waals surface area contributed by atoms with Crippen molar-refractivity contribution in [1.82, 2.24) is 9.62 Å². The summed E-state index contributed by atoms with van der Waals surface area (Å²) in [6, 6.07) is 26.6. The minimum absolute atomic E-state index is 0.0216. The molecule has 4 aromatic rings. The molecule has 1 fully saturated rings. The summed E-state index contributed by atoms with van der Waals surface area (Å²) >= 11 is 0. The fourth-order valence-electron chi connectivity index (χ4n) is 4.99. The molecule has 1 aromatic heterocycles. The number of carboxylic acid groups (broad SMARTS) is 1. The average Bonchev–Trinajstić information content (AvgIpc) is 3.67. The van der Waals surface area contributed by atoms with Crippen LogP contribution in [0.5, 0.6) is 5.75 Å². The Labute approximate surface area is 244 Å². The second kappa shape index (κ2) is 13.1. The molecule has 1 aliphatic rings. The monoisotopic (exact) mass is 588 g/mol. The molecule has 0 saturated carbocycles. The van der Waals surface area contributed by atoms with Crippen molar-refractivity contribution in [2.24, 2.45) is 0 Å². The minimum Gasteiger partial charge on any atom is -0.489 e. The summed E-state index contributed by atoms with van der Waals surface area (Å²) in [5, 5.41) is 9.69. The lowest BCUT2D eigenvalue weighted by Crippen LogP contribution is -2.42. The molecule has 2 unspecified atom stereocenters. The number of aliphatic carboxylic acids is 1. The highest BCUT2D eigenvalue weighted by Crippen LogP contribution is 2.34. The lowest BCUT2D eigenvalue weighted by Gasteiger charge is -2.23. The van der Waals surface area contributed by atoms with Crippen LogP contribution in [0.25, 0.3) is 0 Å². The molecule has 9 nitrogen and oxygen atoms in total. The lowest BCUT2D eigenvalue weighted by molar-refractivity contribution is -0.139. The van der Waals surface area contributed by atoms with E-state index in [2.05, 4.69) is 4.72 Å². The van der Waals surface area contributed by atoms with Gasteiger partial charge < -0.3 is 19.2 Å². The molecule has 5 rings (SSSR count). The minimum atomic E-state index is -4.03. The van der Waals surface area contributed by atoms with E-state index in [4.69, 9.17) is 9.15 Å². The standard InChI is InChI=1S/C32H32N2O7S/c35-31(20-23-13-15-24(16-14-23)22-40-25-8-3-1-4-9-25)34-19-7-12-29(34)30-18-17-26(41-30)21-28(32(36)37)33-42(38,39)27-10-5-2-6-11-27/h1-6,8-11,13-18,28-29,33H,7,12,19-22H2,(H,36,37). The van der Waals surface area contributed by atoms with E-state index in [1.165, 1.54) is 12.1 Å². The first-order valence-electron chi connectivity index (χ1n) is 13.7. The summed E-state index contributed by atoms with van der Waals surface area (Å²) in [5.41, 5.74) is 1.90. The lowest BCUT2D eigenvalue weighted by atomic mass is 10.1. The molecule has 10 heteroatoms. The molecule has 1 amide bonds. The first kappa shape index (κ1) is 29.1. The van der Waals surface area contributed by atoms with Gasteiger partial charge in [-0.3, -0.25) is 9.59 Å².